The Morgan fingerprint density at radius 1 is 1.22 bits per heavy atom. The number of hydrogen-bond donors (Lipinski definition) is 4. The molecular formula is C23H28F2N6O6. The summed E-state index contributed by atoms with van der Waals surface area (Å²) in [5, 5.41) is 29.0. The number of halogens is 2. The van der Waals surface area contributed by atoms with Gasteiger partial charge in [0.25, 0.3) is 17.4 Å². The lowest BCUT2D eigenvalue weighted by Crippen LogP contribution is -2.42. The molecule has 3 amide bonds. The van der Waals surface area contributed by atoms with E-state index in [4.69, 9.17) is 0 Å². The second kappa shape index (κ2) is 9.82. The Balaban J connectivity index is 1.83. The summed E-state index contributed by atoms with van der Waals surface area (Å²) in [5.74, 6) is -5.38. The number of carbonyl (C=O) groups is 3. The third kappa shape index (κ3) is 5.57. The number of likely N-dealkylation sites (tertiary alicyclic amines) is 1. The molecule has 37 heavy (non-hydrogen) atoms. The van der Waals surface area contributed by atoms with Gasteiger partial charge in [-0.3, -0.25) is 24.3 Å². The molecular weight excluding hydrogens is 494 g/mol. The number of piperidine rings is 1. The molecule has 2 aromatic heterocycles. The van der Waals surface area contributed by atoms with E-state index in [0.717, 1.165) is 23.4 Å². The first-order valence-electron chi connectivity index (χ1n) is 11.9. The number of carboxylic acid groups (broad SMARTS) is 1. The fourth-order valence-corrected chi connectivity index (χ4v) is 4.14. The molecule has 200 valence electrons. The number of alkyl halides is 2. The van der Waals surface area contributed by atoms with E-state index in [1.807, 2.05) is 13.8 Å². The molecule has 14 heteroatoms. The minimum absolute atomic E-state index is 0.0136. The Labute approximate surface area is 209 Å². The van der Waals surface area contributed by atoms with Crippen LogP contribution in [0.3, 0.4) is 0 Å². The number of amides is 3. The molecule has 0 aromatic carbocycles. The van der Waals surface area contributed by atoms with E-state index < -0.39 is 53.7 Å². The van der Waals surface area contributed by atoms with E-state index in [-0.39, 0.29) is 48.6 Å². The smallest absolute Gasteiger partial charge is 0.410 e. The summed E-state index contributed by atoms with van der Waals surface area (Å²) in [6, 6.07) is -0.0957. The van der Waals surface area contributed by atoms with Gasteiger partial charge < -0.3 is 20.4 Å². The zero-order valence-corrected chi connectivity index (χ0v) is 20.3. The molecule has 12 nitrogen and oxygen atoms in total. The Kier molecular flexibility index (Phi) is 6.93. The number of nitrogens with one attached hydrogen (secondary N) is 2. The van der Waals surface area contributed by atoms with Gasteiger partial charge in [-0.05, 0) is 24.8 Å². The molecule has 4 N–H and O–H groups in total. The van der Waals surface area contributed by atoms with Crippen LogP contribution in [0.15, 0.2) is 10.9 Å². The molecule has 2 fully saturated rings. The molecule has 1 aliphatic heterocycles. The van der Waals surface area contributed by atoms with Gasteiger partial charge in [0.2, 0.25) is 11.8 Å². The van der Waals surface area contributed by atoms with E-state index in [1.165, 1.54) is 15.5 Å². The van der Waals surface area contributed by atoms with Crippen molar-refractivity contribution in [3.05, 3.63) is 27.6 Å². The highest BCUT2D eigenvalue weighted by Crippen LogP contribution is 2.30. The van der Waals surface area contributed by atoms with Crippen molar-refractivity contribution in [3.63, 3.8) is 0 Å². The first kappa shape index (κ1) is 26.1. The van der Waals surface area contributed by atoms with Crippen LogP contribution in [0.25, 0.3) is 11.7 Å². The minimum atomic E-state index is -2.84. The monoisotopic (exact) mass is 522 g/mol. The largest absolute Gasteiger partial charge is 0.492 e. The molecule has 0 unspecified atom stereocenters. The van der Waals surface area contributed by atoms with Crippen molar-refractivity contribution in [2.45, 2.75) is 58.0 Å². The summed E-state index contributed by atoms with van der Waals surface area (Å²) < 4.78 is 29.0. The molecule has 2 aliphatic rings. The highest BCUT2D eigenvalue weighted by Gasteiger charge is 2.35. The number of aromatic hydroxyl groups is 1. The standard InChI is InChI=1S/C23H28F2N6O6/c1-12(2)11-30-19-14(5-6-15(32)29-9-7-23(24,25)8-10-29)17(27-22(36)37)28-31(19)21(35)16(20(30)34)18(33)26-13-3-4-13/h5-6,12-13,35H,3-4,7-11H2,1-2H3,(H,26,33)(H,27,28)(H,36,37)/b6-5+. The van der Waals surface area contributed by atoms with E-state index in [0.29, 0.717) is 0 Å². The summed E-state index contributed by atoms with van der Waals surface area (Å²) >= 11 is 0. The highest BCUT2D eigenvalue weighted by atomic mass is 19.3. The Morgan fingerprint density at radius 2 is 1.86 bits per heavy atom. The molecule has 0 atom stereocenters. The van der Waals surface area contributed by atoms with Gasteiger partial charge in [-0.25, -0.2) is 13.6 Å². The number of rotatable bonds is 7. The molecule has 3 heterocycles. The van der Waals surface area contributed by atoms with Crippen molar-refractivity contribution in [1.29, 1.82) is 0 Å². The fraction of sp³-hybridized carbons (Fsp3) is 0.522. The number of aromatic nitrogens is 3. The van der Waals surface area contributed by atoms with Gasteiger partial charge in [-0.1, -0.05) is 13.8 Å². The molecule has 0 spiro atoms. The van der Waals surface area contributed by atoms with Gasteiger partial charge in [0.1, 0.15) is 0 Å². The second-order valence-electron chi connectivity index (χ2n) is 9.70. The molecule has 0 bridgehead atoms. The predicted molar refractivity (Wildman–Crippen MR) is 128 cm³/mol. The lowest BCUT2D eigenvalue weighted by atomic mass is 10.1. The van der Waals surface area contributed by atoms with Gasteiger partial charge >= 0.3 is 6.09 Å². The maximum absolute atomic E-state index is 13.5. The Morgan fingerprint density at radius 3 is 2.43 bits per heavy atom. The number of nitrogens with zero attached hydrogens (tertiary/aromatic N) is 4. The molecule has 1 aliphatic carbocycles. The molecule has 1 saturated heterocycles. The van der Waals surface area contributed by atoms with Crippen LogP contribution in [0, 0.1) is 5.92 Å². The van der Waals surface area contributed by atoms with Gasteiger partial charge in [-0.2, -0.15) is 4.52 Å². The molecule has 4 rings (SSSR count). The van der Waals surface area contributed by atoms with Crippen LogP contribution >= 0.6 is 0 Å². The van der Waals surface area contributed by atoms with E-state index >= 15 is 0 Å². The predicted octanol–water partition coefficient (Wildman–Crippen LogP) is 2.11. The topological polar surface area (TPSA) is 158 Å². The van der Waals surface area contributed by atoms with E-state index in [9.17, 15) is 38.2 Å². The summed E-state index contributed by atoms with van der Waals surface area (Å²) in [4.78, 5) is 51.5. The average molecular weight is 523 g/mol. The van der Waals surface area contributed by atoms with Crippen molar-refractivity contribution in [2.24, 2.45) is 5.92 Å². The van der Waals surface area contributed by atoms with Crippen LogP contribution in [0.5, 0.6) is 5.88 Å². The van der Waals surface area contributed by atoms with Gasteiger partial charge in [-0.15, -0.1) is 5.10 Å². The summed E-state index contributed by atoms with van der Waals surface area (Å²) in [6.45, 7) is 3.42. The van der Waals surface area contributed by atoms with Crippen LogP contribution in [-0.2, 0) is 11.3 Å². The normalized spacial score (nSPS) is 17.5. The summed E-state index contributed by atoms with van der Waals surface area (Å²) in [5.41, 5.74) is -1.40. The van der Waals surface area contributed by atoms with Gasteiger partial charge in [0.15, 0.2) is 17.0 Å². The average Bonchev–Trinajstić information content (AvgIpc) is 3.54. The zero-order chi connectivity index (χ0) is 27.1. The van der Waals surface area contributed by atoms with Crippen LogP contribution in [0.2, 0.25) is 0 Å². The van der Waals surface area contributed by atoms with E-state index in [2.05, 4.69) is 15.7 Å². The fourth-order valence-electron chi connectivity index (χ4n) is 4.14. The first-order chi connectivity index (χ1) is 17.4. The van der Waals surface area contributed by atoms with Crippen molar-refractivity contribution in [1.82, 2.24) is 24.4 Å². The molecule has 0 radical (unpaired) electrons. The summed E-state index contributed by atoms with van der Waals surface area (Å²) in [7, 11) is 0. The quantitative estimate of drug-likeness (QED) is 0.406. The van der Waals surface area contributed by atoms with Gasteiger partial charge in [0, 0.05) is 44.6 Å². The molecule has 1 saturated carbocycles. The van der Waals surface area contributed by atoms with Crippen LogP contribution < -0.4 is 16.2 Å². The first-order valence-corrected chi connectivity index (χ1v) is 11.9. The van der Waals surface area contributed by atoms with Gasteiger partial charge in [0.05, 0.1) is 5.56 Å². The summed E-state index contributed by atoms with van der Waals surface area (Å²) in [6.07, 6.45) is 1.35. The maximum atomic E-state index is 13.5. The third-order valence-corrected chi connectivity index (χ3v) is 6.15. The number of anilines is 1. The highest BCUT2D eigenvalue weighted by molar-refractivity contribution is 5.98. The lowest BCUT2D eigenvalue weighted by Gasteiger charge is -2.30. The van der Waals surface area contributed by atoms with Crippen molar-refractivity contribution in [2.75, 3.05) is 18.4 Å². The van der Waals surface area contributed by atoms with Crippen molar-refractivity contribution in [3.8, 4) is 5.88 Å². The SMILES string of the molecule is CC(C)Cn1c(=O)c(C(=O)NC2CC2)c(O)n2nc(NC(=O)O)c(/C=C/C(=O)N3CCC(F)(F)CC3)c12. The molecule has 2 aromatic rings. The second-order valence-corrected chi connectivity index (χ2v) is 9.70. The third-order valence-electron chi connectivity index (χ3n) is 6.15. The maximum Gasteiger partial charge on any atom is 0.410 e. The number of hydrogen-bond acceptors (Lipinski definition) is 6. The number of carbonyl (C=O) groups excluding carboxylic acids is 2. The lowest BCUT2D eigenvalue weighted by molar-refractivity contribution is -0.132. The minimum Gasteiger partial charge on any atom is -0.492 e. The number of fused-ring (bicyclic) bond motifs is 1. The van der Waals surface area contributed by atoms with Crippen molar-refractivity contribution >= 4 is 35.4 Å². The van der Waals surface area contributed by atoms with Crippen LogP contribution in [0.1, 0.15) is 55.5 Å². The van der Waals surface area contributed by atoms with E-state index in [1.54, 1.807) is 0 Å². The van der Waals surface area contributed by atoms with Crippen molar-refractivity contribution < 1.29 is 33.4 Å². The Bertz CT molecular complexity index is 1330. The van der Waals surface area contributed by atoms with Crippen LogP contribution in [0.4, 0.5) is 19.4 Å². The Hall–Kier alpha value is -3.97. The zero-order valence-electron chi connectivity index (χ0n) is 20.3. The van der Waals surface area contributed by atoms with Crippen LogP contribution in [-0.4, -0.2) is 72.3 Å².